The summed E-state index contributed by atoms with van der Waals surface area (Å²) in [6.07, 6.45) is 2.45. The third kappa shape index (κ3) is 3.29. The van der Waals surface area contributed by atoms with Crippen molar-refractivity contribution in [2.24, 2.45) is 5.73 Å². The molecule has 13 heavy (non-hydrogen) atoms. The normalized spacial score (nSPS) is 9.62. The maximum atomic E-state index is 10.3. The van der Waals surface area contributed by atoms with E-state index in [1.54, 1.807) is 12.4 Å². The molecule has 0 unspecified atom stereocenters. The topological polar surface area (TPSA) is 65.2 Å². The number of primary amides is 1. The monoisotopic (exact) mass is 200 g/mol. The molecule has 0 bridgehead atoms. The van der Waals surface area contributed by atoms with Gasteiger partial charge in [0.1, 0.15) is 6.61 Å². The predicted molar refractivity (Wildman–Crippen MR) is 48.2 cm³/mol. The van der Waals surface area contributed by atoms with E-state index in [0.717, 1.165) is 11.1 Å². The average molecular weight is 201 g/mol. The fourth-order valence-corrected chi connectivity index (χ4v) is 0.994. The largest absolute Gasteiger partial charge is 0.445 e. The SMILES string of the molecule is NC(=O)OCc1cncc(CCl)c1. The molecule has 0 atom stereocenters. The van der Waals surface area contributed by atoms with Crippen molar-refractivity contribution >= 4 is 17.7 Å². The minimum atomic E-state index is -0.795. The molecule has 0 aromatic carbocycles. The number of carbonyl (C=O) groups excluding carboxylic acids is 1. The zero-order chi connectivity index (χ0) is 9.68. The number of amides is 1. The first-order valence-electron chi connectivity index (χ1n) is 3.63. The third-order valence-electron chi connectivity index (χ3n) is 1.39. The molecule has 5 heteroatoms. The van der Waals surface area contributed by atoms with Crippen LogP contribution in [0.15, 0.2) is 18.5 Å². The van der Waals surface area contributed by atoms with Gasteiger partial charge in [-0.2, -0.15) is 0 Å². The van der Waals surface area contributed by atoms with Gasteiger partial charge < -0.3 is 10.5 Å². The summed E-state index contributed by atoms with van der Waals surface area (Å²) in [6.45, 7) is 0.132. The second-order valence-electron chi connectivity index (χ2n) is 2.44. The highest BCUT2D eigenvalue weighted by atomic mass is 35.5. The number of pyridine rings is 1. The van der Waals surface area contributed by atoms with E-state index in [2.05, 4.69) is 9.72 Å². The molecule has 0 saturated heterocycles. The van der Waals surface area contributed by atoms with Crippen molar-refractivity contribution in [2.45, 2.75) is 12.5 Å². The molecule has 0 spiro atoms. The maximum absolute atomic E-state index is 10.3. The smallest absolute Gasteiger partial charge is 0.404 e. The van der Waals surface area contributed by atoms with Crippen molar-refractivity contribution < 1.29 is 9.53 Å². The Morgan fingerprint density at radius 2 is 2.23 bits per heavy atom. The van der Waals surface area contributed by atoms with E-state index in [-0.39, 0.29) is 6.61 Å². The summed E-state index contributed by atoms with van der Waals surface area (Å²) in [5.41, 5.74) is 6.46. The van der Waals surface area contributed by atoms with Gasteiger partial charge in [0.05, 0.1) is 0 Å². The molecule has 1 aromatic rings. The Balaban J connectivity index is 2.61. The number of hydrogen-bond acceptors (Lipinski definition) is 3. The Labute approximate surface area is 80.7 Å². The summed E-state index contributed by atoms with van der Waals surface area (Å²) in [6, 6.07) is 1.81. The molecule has 0 radical (unpaired) electrons. The molecule has 2 N–H and O–H groups in total. The average Bonchev–Trinajstić information content (AvgIpc) is 2.15. The second kappa shape index (κ2) is 4.67. The van der Waals surface area contributed by atoms with Crippen molar-refractivity contribution in [3.8, 4) is 0 Å². The Bertz CT molecular complexity index is 304. The van der Waals surface area contributed by atoms with E-state index in [4.69, 9.17) is 17.3 Å². The number of halogens is 1. The Hall–Kier alpha value is -1.29. The number of ether oxygens (including phenoxy) is 1. The zero-order valence-corrected chi connectivity index (χ0v) is 7.62. The molecule has 0 saturated carbocycles. The highest BCUT2D eigenvalue weighted by molar-refractivity contribution is 6.17. The summed E-state index contributed by atoms with van der Waals surface area (Å²) >= 11 is 5.59. The number of carbonyl (C=O) groups is 1. The molecule has 70 valence electrons. The quantitative estimate of drug-likeness (QED) is 0.751. The van der Waals surface area contributed by atoms with Gasteiger partial charge in [-0.1, -0.05) is 0 Å². The highest BCUT2D eigenvalue weighted by Crippen LogP contribution is 2.06. The first-order chi connectivity index (χ1) is 6.22. The first-order valence-corrected chi connectivity index (χ1v) is 4.17. The van der Waals surface area contributed by atoms with Gasteiger partial charge in [0.15, 0.2) is 0 Å². The van der Waals surface area contributed by atoms with Gasteiger partial charge in [-0.15, -0.1) is 11.6 Å². The molecule has 4 nitrogen and oxygen atoms in total. The zero-order valence-electron chi connectivity index (χ0n) is 6.87. The van der Waals surface area contributed by atoms with Crippen molar-refractivity contribution in [3.05, 3.63) is 29.6 Å². The Morgan fingerprint density at radius 1 is 1.54 bits per heavy atom. The summed E-state index contributed by atoms with van der Waals surface area (Å²) in [5, 5.41) is 0. The molecule has 0 fully saturated rings. The number of alkyl halides is 1. The number of hydrogen-bond donors (Lipinski definition) is 1. The van der Waals surface area contributed by atoms with Crippen LogP contribution in [-0.2, 0) is 17.2 Å². The standard InChI is InChI=1S/C8H9ClN2O2/c9-2-6-1-7(4-11-3-6)5-13-8(10)12/h1,3-4H,2,5H2,(H2,10,12). The minimum Gasteiger partial charge on any atom is -0.445 e. The van der Waals surface area contributed by atoms with Gasteiger partial charge in [-0.05, 0) is 11.6 Å². The molecule has 1 amide bonds. The fraction of sp³-hybridized carbons (Fsp3) is 0.250. The van der Waals surface area contributed by atoms with Crippen LogP contribution in [-0.4, -0.2) is 11.1 Å². The molecule has 0 aliphatic heterocycles. The molecule has 0 aliphatic rings. The molecule has 1 heterocycles. The molecular weight excluding hydrogens is 192 g/mol. The lowest BCUT2D eigenvalue weighted by atomic mass is 10.2. The van der Waals surface area contributed by atoms with Crippen molar-refractivity contribution in [1.29, 1.82) is 0 Å². The summed E-state index contributed by atoms with van der Waals surface area (Å²) in [5.74, 6) is 0.386. The first kappa shape index (κ1) is 9.80. The fourth-order valence-electron chi connectivity index (χ4n) is 0.848. The third-order valence-corrected chi connectivity index (χ3v) is 1.70. The van der Waals surface area contributed by atoms with Gasteiger partial charge >= 0.3 is 6.09 Å². The number of aromatic nitrogens is 1. The van der Waals surface area contributed by atoms with Crippen molar-refractivity contribution in [2.75, 3.05) is 0 Å². The van der Waals surface area contributed by atoms with E-state index >= 15 is 0 Å². The number of nitrogens with zero attached hydrogens (tertiary/aromatic N) is 1. The van der Waals surface area contributed by atoms with Gasteiger partial charge in [0, 0.05) is 23.8 Å². The summed E-state index contributed by atoms with van der Waals surface area (Å²) < 4.78 is 4.58. The van der Waals surface area contributed by atoms with Crippen LogP contribution in [0.3, 0.4) is 0 Å². The van der Waals surface area contributed by atoms with Crippen molar-refractivity contribution in [3.63, 3.8) is 0 Å². The van der Waals surface area contributed by atoms with E-state index in [0.29, 0.717) is 5.88 Å². The number of rotatable bonds is 3. The Morgan fingerprint density at radius 3 is 2.85 bits per heavy atom. The van der Waals surface area contributed by atoms with Crippen LogP contribution in [0.25, 0.3) is 0 Å². The van der Waals surface area contributed by atoms with E-state index in [1.165, 1.54) is 0 Å². The van der Waals surface area contributed by atoms with Crippen LogP contribution in [0.4, 0.5) is 4.79 Å². The van der Waals surface area contributed by atoms with Gasteiger partial charge in [-0.25, -0.2) is 4.79 Å². The van der Waals surface area contributed by atoms with Crippen LogP contribution in [0.2, 0.25) is 0 Å². The highest BCUT2D eigenvalue weighted by Gasteiger charge is 1.98. The second-order valence-corrected chi connectivity index (χ2v) is 2.71. The lowest BCUT2D eigenvalue weighted by molar-refractivity contribution is 0.150. The van der Waals surface area contributed by atoms with Crippen LogP contribution < -0.4 is 5.73 Å². The predicted octanol–water partition coefficient (Wildman–Crippen LogP) is 1.42. The maximum Gasteiger partial charge on any atom is 0.404 e. The van der Waals surface area contributed by atoms with E-state index in [9.17, 15) is 4.79 Å². The van der Waals surface area contributed by atoms with Crippen LogP contribution in [0.1, 0.15) is 11.1 Å². The lowest BCUT2D eigenvalue weighted by Gasteiger charge is -2.02. The number of nitrogens with two attached hydrogens (primary N) is 1. The van der Waals surface area contributed by atoms with Crippen LogP contribution >= 0.6 is 11.6 Å². The minimum absolute atomic E-state index is 0.132. The molecular formula is C8H9ClN2O2. The van der Waals surface area contributed by atoms with Gasteiger partial charge in [-0.3, -0.25) is 4.98 Å². The van der Waals surface area contributed by atoms with Gasteiger partial charge in [0.2, 0.25) is 0 Å². The van der Waals surface area contributed by atoms with Gasteiger partial charge in [0.25, 0.3) is 0 Å². The van der Waals surface area contributed by atoms with E-state index in [1.807, 2.05) is 6.07 Å². The van der Waals surface area contributed by atoms with Crippen molar-refractivity contribution in [1.82, 2.24) is 4.98 Å². The summed E-state index contributed by atoms with van der Waals surface area (Å²) in [7, 11) is 0. The Kier molecular flexibility index (Phi) is 3.52. The van der Waals surface area contributed by atoms with E-state index < -0.39 is 6.09 Å². The molecule has 1 rings (SSSR count). The summed E-state index contributed by atoms with van der Waals surface area (Å²) in [4.78, 5) is 14.2. The lowest BCUT2D eigenvalue weighted by Crippen LogP contribution is -2.12. The van der Waals surface area contributed by atoms with Crippen LogP contribution in [0.5, 0.6) is 0 Å². The molecule has 0 aliphatic carbocycles. The van der Waals surface area contributed by atoms with Crippen LogP contribution in [0, 0.1) is 0 Å². The molecule has 1 aromatic heterocycles.